The predicted octanol–water partition coefficient (Wildman–Crippen LogP) is 18.3. The molecule has 4 aromatic heterocycles. The summed E-state index contributed by atoms with van der Waals surface area (Å²) < 4.78 is 9.91. The zero-order valence-corrected chi connectivity index (χ0v) is 38.7. The molecule has 0 aliphatic carbocycles. The van der Waals surface area contributed by atoms with Gasteiger partial charge in [0.05, 0.1) is 38.8 Å². The number of aromatic nitrogens is 3. The zero-order valence-electron chi connectivity index (χ0n) is 37.9. The van der Waals surface area contributed by atoms with Crippen molar-refractivity contribution >= 4 is 96.9 Å². The Hall–Kier alpha value is -8.96. The van der Waals surface area contributed by atoms with Crippen molar-refractivity contribution in [3.05, 3.63) is 249 Å². The van der Waals surface area contributed by atoms with Gasteiger partial charge >= 0.3 is 0 Å². The molecule has 0 unspecified atom stereocenters. The van der Waals surface area contributed by atoms with E-state index < -0.39 is 0 Å². The maximum absolute atomic E-state index is 2.51. The quantitative estimate of drug-likeness (QED) is 0.158. The smallest absolute Gasteiger partial charge is 0.0541 e. The first-order valence-electron chi connectivity index (χ1n) is 24.0. The lowest BCUT2D eigenvalue weighted by atomic mass is 9.98. The molecule has 0 saturated heterocycles. The van der Waals surface area contributed by atoms with E-state index in [9.17, 15) is 0 Å². The van der Waals surface area contributed by atoms with E-state index in [-0.39, 0.29) is 0 Å². The fraction of sp³-hybridized carbons (Fsp3) is 0. The lowest BCUT2D eigenvalue weighted by molar-refractivity contribution is 1.18. The minimum atomic E-state index is 1.16. The summed E-state index contributed by atoms with van der Waals surface area (Å²) in [4.78, 5) is 0. The number of para-hydroxylation sites is 5. The molecular weight excluding hydrogens is 867 g/mol. The number of thiophene rings is 1. The van der Waals surface area contributed by atoms with Gasteiger partial charge in [-0.1, -0.05) is 152 Å². The predicted molar refractivity (Wildman–Crippen MR) is 299 cm³/mol. The number of hydrogen-bond acceptors (Lipinski definition) is 1. The maximum Gasteiger partial charge on any atom is 0.0541 e. The third kappa shape index (κ3) is 5.81. The van der Waals surface area contributed by atoms with E-state index in [1.165, 1.54) is 125 Å². The van der Waals surface area contributed by atoms with E-state index in [0.717, 1.165) is 11.4 Å². The Labute approximate surface area is 407 Å². The second kappa shape index (κ2) is 15.3. The third-order valence-electron chi connectivity index (χ3n) is 14.6. The van der Waals surface area contributed by atoms with Crippen LogP contribution in [-0.2, 0) is 0 Å². The molecule has 15 aromatic rings. The largest absolute Gasteiger partial charge is 0.309 e. The Kier molecular flexibility index (Phi) is 8.53. The molecular formula is C66H41N3S. The van der Waals surface area contributed by atoms with E-state index in [1.54, 1.807) is 0 Å². The van der Waals surface area contributed by atoms with Crippen LogP contribution in [0.1, 0.15) is 0 Å². The van der Waals surface area contributed by atoms with Gasteiger partial charge in [-0.2, -0.15) is 0 Å². The molecule has 15 rings (SSSR count). The van der Waals surface area contributed by atoms with Crippen LogP contribution in [0.5, 0.6) is 0 Å². The molecule has 0 aliphatic heterocycles. The Bertz CT molecular complexity index is 4370. The Balaban J connectivity index is 0.958. The lowest BCUT2D eigenvalue weighted by Crippen LogP contribution is -1.97. The van der Waals surface area contributed by atoms with Gasteiger partial charge in [-0.25, -0.2) is 0 Å². The van der Waals surface area contributed by atoms with Gasteiger partial charge in [-0.05, 0) is 119 Å². The van der Waals surface area contributed by atoms with Crippen LogP contribution in [0, 0.1) is 0 Å². The van der Waals surface area contributed by atoms with E-state index in [1.807, 2.05) is 11.3 Å². The van der Waals surface area contributed by atoms with Crippen molar-refractivity contribution in [3.63, 3.8) is 0 Å². The molecule has 0 atom stereocenters. The van der Waals surface area contributed by atoms with Crippen LogP contribution >= 0.6 is 11.3 Å². The molecule has 0 fully saturated rings. The molecule has 11 aromatic carbocycles. The molecule has 4 heterocycles. The molecule has 3 nitrogen and oxygen atoms in total. The van der Waals surface area contributed by atoms with Gasteiger partial charge in [-0.3, -0.25) is 0 Å². The highest BCUT2D eigenvalue weighted by Gasteiger charge is 2.21. The average molecular weight is 908 g/mol. The second-order valence-corrected chi connectivity index (χ2v) is 19.5. The topological polar surface area (TPSA) is 14.8 Å². The van der Waals surface area contributed by atoms with Crippen LogP contribution in [0.3, 0.4) is 0 Å². The number of fused-ring (bicyclic) bond motifs is 12. The van der Waals surface area contributed by atoms with E-state index >= 15 is 0 Å². The van der Waals surface area contributed by atoms with Crippen LogP contribution < -0.4 is 0 Å². The molecule has 0 N–H and O–H groups in total. The zero-order chi connectivity index (χ0) is 45.9. The molecule has 4 heteroatoms. The van der Waals surface area contributed by atoms with E-state index in [0.29, 0.717) is 0 Å². The maximum atomic E-state index is 2.51. The summed E-state index contributed by atoms with van der Waals surface area (Å²) in [6, 6.07) is 91.8. The van der Waals surface area contributed by atoms with Crippen molar-refractivity contribution in [2.75, 3.05) is 0 Å². The lowest BCUT2D eigenvalue weighted by Gasteiger charge is -2.15. The molecule has 0 amide bonds. The highest BCUT2D eigenvalue weighted by molar-refractivity contribution is 7.26. The highest BCUT2D eigenvalue weighted by atomic mass is 32.1. The minimum absolute atomic E-state index is 1.16. The molecule has 70 heavy (non-hydrogen) atoms. The van der Waals surface area contributed by atoms with Gasteiger partial charge in [0.2, 0.25) is 0 Å². The normalized spacial score (nSPS) is 12.0. The Morgan fingerprint density at radius 1 is 0.243 bits per heavy atom. The fourth-order valence-electron chi connectivity index (χ4n) is 11.5. The molecule has 0 bridgehead atoms. The van der Waals surface area contributed by atoms with Gasteiger partial charge < -0.3 is 13.7 Å². The summed E-state index contributed by atoms with van der Waals surface area (Å²) in [7, 11) is 0. The van der Waals surface area contributed by atoms with Crippen LogP contribution in [0.2, 0.25) is 0 Å². The minimum Gasteiger partial charge on any atom is -0.309 e. The van der Waals surface area contributed by atoms with Crippen LogP contribution in [0.25, 0.3) is 136 Å². The Morgan fingerprint density at radius 2 is 0.629 bits per heavy atom. The van der Waals surface area contributed by atoms with Crippen molar-refractivity contribution in [2.24, 2.45) is 0 Å². The molecule has 0 radical (unpaired) electrons. The molecule has 0 saturated carbocycles. The van der Waals surface area contributed by atoms with E-state index in [2.05, 4.69) is 262 Å². The van der Waals surface area contributed by atoms with Gasteiger partial charge in [0.15, 0.2) is 0 Å². The SMILES string of the molecule is c1ccc(-n2c3ccccc3c3cc(-c4ccc5c(c4)c4cc(-c6ccc7c(c6)c6ccccc6n7-c6ccccc6)ccc4n5-c4ccccc4-c4cccc5c4sc4ccccc45)ccc32)cc1. The van der Waals surface area contributed by atoms with Crippen molar-refractivity contribution in [2.45, 2.75) is 0 Å². The summed E-state index contributed by atoms with van der Waals surface area (Å²) in [5.74, 6) is 0. The third-order valence-corrected chi connectivity index (χ3v) is 15.9. The summed E-state index contributed by atoms with van der Waals surface area (Å²) >= 11 is 1.89. The van der Waals surface area contributed by atoms with E-state index in [4.69, 9.17) is 0 Å². The second-order valence-electron chi connectivity index (χ2n) is 18.4. The summed E-state index contributed by atoms with van der Waals surface area (Å²) in [5.41, 5.74) is 17.9. The van der Waals surface area contributed by atoms with Crippen LogP contribution in [0.4, 0.5) is 0 Å². The summed E-state index contributed by atoms with van der Waals surface area (Å²) in [5, 5.41) is 10.0. The first-order chi connectivity index (χ1) is 34.7. The standard InChI is InChI=1S/C66H41N3S/c1-3-16-46(17-4-1)67-58-26-11-8-21-49(58)54-38-42(30-34-61(54)67)44-32-36-63-56(40-44)57-41-45(43-31-35-62-55(39-43)50-22-9-12-27-59(50)68(62)47-18-5-2-6-19-47)33-37-64(57)69(63)60-28-13-7-20-48(60)52-24-15-25-53-51-23-10-14-29-65(51)70-66(52)53/h1-41H. The van der Waals surface area contributed by atoms with Crippen molar-refractivity contribution in [3.8, 4) is 50.4 Å². The first-order valence-corrected chi connectivity index (χ1v) is 24.8. The fourth-order valence-corrected chi connectivity index (χ4v) is 12.7. The number of hydrogen-bond donors (Lipinski definition) is 0. The Morgan fingerprint density at radius 3 is 1.17 bits per heavy atom. The van der Waals surface area contributed by atoms with Gasteiger partial charge in [0.25, 0.3) is 0 Å². The van der Waals surface area contributed by atoms with Crippen LogP contribution in [0.15, 0.2) is 249 Å². The monoisotopic (exact) mass is 907 g/mol. The average Bonchev–Trinajstić information content (AvgIpc) is 4.17. The molecule has 0 spiro atoms. The number of nitrogens with zero attached hydrogens (tertiary/aromatic N) is 3. The molecule has 326 valence electrons. The van der Waals surface area contributed by atoms with Crippen molar-refractivity contribution < 1.29 is 0 Å². The van der Waals surface area contributed by atoms with Crippen molar-refractivity contribution in [1.29, 1.82) is 0 Å². The first kappa shape index (κ1) is 39.1. The van der Waals surface area contributed by atoms with Gasteiger partial charge in [-0.15, -0.1) is 11.3 Å². The summed E-state index contributed by atoms with van der Waals surface area (Å²) in [6.45, 7) is 0. The number of rotatable bonds is 6. The number of benzene rings is 11. The van der Waals surface area contributed by atoms with Crippen LogP contribution in [-0.4, -0.2) is 13.7 Å². The van der Waals surface area contributed by atoms with Gasteiger partial charge in [0.1, 0.15) is 0 Å². The van der Waals surface area contributed by atoms with Crippen molar-refractivity contribution in [1.82, 2.24) is 13.7 Å². The van der Waals surface area contributed by atoms with Gasteiger partial charge in [0, 0.05) is 75.0 Å². The summed E-state index contributed by atoms with van der Waals surface area (Å²) in [6.07, 6.45) is 0. The molecule has 0 aliphatic rings. The highest BCUT2D eigenvalue weighted by Crippen LogP contribution is 2.45.